The van der Waals surface area contributed by atoms with E-state index in [1.54, 1.807) is 24.9 Å². The molecule has 0 radical (unpaired) electrons. The maximum absolute atomic E-state index is 15.2. The predicted molar refractivity (Wildman–Crippen MR) is 198 cm³/mol. The van der Waals surface area contributed by atoms with Crippen molar-refractivity contribution in [3.05, 3.63) is 69.5 Å². The summed E-state index contributed by atoms with van der Waals surface area (Å²) in [6, 6.07) is 8.60. The van der Waals surface area contributed by atoms with Gasteiger partial charge in [0.05, 0.1) is 19.0 Å². The number of aliphatic hydroxyl groups excluding tert-OH is 1. The summed E-state index contributed by atoms with van der Waals surface area (Å²) in [5.74, 6) is 1.54. The van der Waals surface area contributed by atoms with Crippen molar-refractivity contribution in [3.8, 4) is 16.9 Å². The van der Waals surface area contributed by atoms with Gasteiger partial charge in [-0.1, -0.05) is 24.4 Å². The van der Waals surface area contributed by atoms with Crippen molar-refractivity contribution < 1.29 is 19.0 Å². The molecule has 51 heavy (non-hydrogen) atoms. The SMILES string of the molecule is COc1cc(-c2cn(C)c(=O)c3[nH]ncc23)cc(Cl)c1CN1CCC(CCC2CCN(c3ccc(NC4CCC(O)NC4=O)cc3F)CC2)CC1. The number of methoxy groups -OCH3 is 1. The van der Waals surface area contributed by atoms with E-state index in [1.807, 2.05) is 30.5 Å². The molecule has 2 unspecified atom stereocenters. The summed E-state index contributed by atoms with van der Waals surface area (Å²) in [6.07, 6.45) is 10.5. The number of aromatic nitrogens is 3. The van der Waals surface area contributed by atoms with Gasteiger partial charge in [0.1, 0.15) is 29.4 Å². The van der Waals surface area contributed by atoms with Gasteiger partial charge in [-0.05, 0) is 99.3 Å². The number of amides is 1. The molecule has 4 N–H and O–H groups in total. The summed E-state index contributed by atoms with van der Waals surface area (Å²) in [6.45, 7) is 4.42. The first-order valence-electron chi connectivity index (χ1n) is 18.1. The fourth-order valence-electron chi connectivity index (χ4n) is 8.06. The number of fused-ring (bicyclic) bond motifs is 1. The third-order valence-electron chi connectivity index (χ3n) is 11.1. The fraction of sp³-hybridized carbons (Fsp3) is 0.500. The Morgan fingerprint density at radius 3 is 2.43 bits per heavy atom. The van der Waals surface area contributed by atoms with Gasteiger partial charge >= 0.3 is 0 Å². The zero-order valence-corrected chi connectivity index (χ0v) is 30.0. The van der Waals surface area contributed by atoms with Crippen LogP contribution < -0.4 is 25.8 Å². The summed E-state index contributed by atoms with van der Waals surface area (Å²) >= 11 is 6.91. The lowest BCUT2D eigenvalue weighted by molar-refractivity contribution is -0.127. The molecular formula is C38H47ClFN7O4. The van der Waals surface area contributed by atoms with E-state index in [4.69, 9.17) is 16.3 Å². The smallest absolute Gasteiger partial charge is 0.276 e. The number of hydrogen-bond donors (Lipinski definition) is 4. The standard InChI is InChI=1S/C38H47ClFN7O4/c1-45-21-28(27-20-41-44-36(27)38(45)50)25-17-30(39)29(34(18-25)51-2)22-46-13-9-23(10-14-46)3-4-24-11-15-47(16-12-24)33-7-5-26(19-31(33)40)42-32-6-8-35(48)43-37(32)49/h5,7,17-21,23-24,32,35,42,48H,3-4,6,8-16,22H2,1-2H3,(H,41,44)(H,43,49). The number of aryl methyl sites for hydroxylation is 1. The summed E-state index contributed by atoms with van der Waals surface area (Å²) in [5, 5.41) is 23.5. The number of H-pyrrole nitrogens is 1. The number of piperidine rings is 3. The Kier molecular flexibility index (Phi) is 10.5. The Morgan fingerprint density at radius 1 is 1.02 bits per heavy atom. The first-order chi connectivity index (χ1) is 24.7. The molecule has 13 heteroatoms. The molecule has 5 heterocycles. The lowest BCUT2D eigenvalue weighted by Gasteiger charge is -2.36. The number of ether oxygens (including phenoxy) is 1. The number of benzene rings is 2. The van der Waals surface area contributed by atoms with Crippen LogP contribution in [0.5, 0.6) is 5.75 Å². The van der Waals surface area contributed by atoms with Crippen molar-refractivity contribution in [3.63, 3.8) is 0 Å². The molecule has 7 rings (SSSR count). The van der Waals surface area contributed by atoms with Gasteiger partial charge in [0.25, 0.3) is 5.56 Å². The summed E-state index contributed by atoms with van der Waals surface area (Å²) in [4.78, 5) is 29.3. The van der Waals surface area contributed by atoms with Gasteiger partial charge in [0.2, 0.25) is 5.91 Å². The van der Waals surface area contributed by atoms with E-state index >= 15 is 4.39 Å². The molecule has 272 valence electrons. The number of anilines is 2. The average molecular weight is 720 g/mol. The Hall–Kier alpha value is -4.13. The molecule has 3 saturated heterocycles. The Morgan fingerprint density at radius 2 is 1.75 bits per heavy atom. The van der Waals surface area contributed by atoms with Crippen molar-refractivity contribution in [2.24, 2.45) is 18.9 Å². The van der Waals surface area contributed by atoms with Crippen LogP contribution in [-0.4, -0.2) is 76.2 Å². The molecule has 3 aliphatic rings. The second kappa shape index (κ2) is 15.2. The maximum atomic E-state index is 15.2. The highest BCUT2D eigenvalue weighted by Crippen LogP contribution is 2.38. The Bertz CT molecular complexity index is 1930. The van der Waals surface area contributed by atoms with Crippen LogP contribution in [-0.2, 0) is 18.4 Å². The molecule has 4 aromatic rings. The predicted octanol–water partition coefficient (Wildman–Crippen LogP) is 5.65. The van der Waals surface area contributed by atoms with Gasteiger partial charge in [0, 0.05) is 60.1 Å². The number of halogens is 2. The first-order valence-corrected chi connectivity index (χ1v) is 18.5. The molecule has 0 aliphatic carbocycles. The molecule has 3 fully saturated rings. The molecule has 3 aliphatic heterocycles. The van der Waals surface area contributed by atoms with Gasteiger partial charge in [0.15, 0.2) is 0 Å². The monoisotopic (exact) mass is 719 g/mol. The number of carbonyl (C=O) groups is 1. The van der Waals surface area contributed by atoms with E-state index in [9.17, 15) is 14.7 Å². The second-order valence-electron chi connectivity index (χ2n) is 14.4. The van der Waals surface area contributed by atoms with Crippen LogP contribution in [0.25, 0.3) is 22.0 Å². The number of rotatable bonds is 10. The van der Waals surface area contributed by atoms with Crippen LogP contribution >= 0.6 is 11.6 Å². The maximum Gasteiger partial charge on any atom is 0.276 e. The molecule has 2 aromatic heterocycles. The van der Waals surface area contributed by atoms with Gasteiger partial charge in [-0.3, -0.25) is 19.6 Å². The number of hydrogen-bond acceptors (Lipinski definition) is 8. The highest BCUT2D eigenvalue weighted by Gasteiger charge is 2.28. The van der Waals surface area contributed by atoms with E-state index in [2.05, 4.69) is 30.6 Å². The van der Waals surface area contributed by atoms with Crippen molar-refractivity contribution >= 4 is 39.8 Å². The zero-order valence-electron chi connectivity index (χ0n) is 29.3. The normalized spacial score (nSPS) is 20.9. The minimum Gasteiger partial charge on any atom is -0.496 e. The van der Waals surface area contributed by atoms with Crippen LogP contribution in [0.1, 0.15) is 56.9 Å². The topological polar surface area (TPSA) is 128 Å². The lowest BCUT2D eigenvalue weighted by Crippen LogP contribution is -2.49. The minimum atomic E-state index is -0.811. The molecule has 1 amide bonds. The van der Waals surface area contributed by atoms with Gasteiger partial charge in [-0.25, -0.2) is 4.39 Å². The Labute approximate surface area is 302 Å². The van der Waals surface area contributed by atoms with E-state index < -0.39 is 12.3 Å². The molecule has 0 saturated carbocycles. The van der Waals surface area contributed by atoms with Gasteiger partial charge < -0.3 is 29.9 Å². The summed E-state index contributed by atoms with van der Waals surface area (Å²) in [5.41, 5.74) is 4.23. The van der Waals surface area contributed by atoms with Crippen LogP contribution in [0.3, 0.4) is 0 Å². The van der Waals surface area contributed by atoms with E-state index in [-0.39, 0.29) is 17.3 Å². The van der Waals surface area contributed by atoms with Gasteiger partial charge in [-0.15, -0.1) is 0 Å². The first kappa shape index (κ1) is 35.3. The molecule has 2 aromatic carbocycles. The average Bonchev–Trinajstić information content (AvgIpc) is 3.62. The highest BCUT2D eigenvalue weighted by atomic mass is 35.5. The van der Waals surface area contributed by atoms with Crippen molar-refractivity contribution in [1.29, 1.82) is 0 Å². The van der Waals surface area contributed by atoms with E-state index in [0.717, 1.165) is 86.2 Å². The van der Waals surface area contributed by atoms with Crippen LogP contribution in [0.15, 0.2) is 47.5 Å². The van der Waals surface area contributed by atoms with Crippen LogP contribution in [0.2, 0.25) is 5.02 Å². The molecule has 0 bridgehead atoms. The number of likely N-dealkylation sites (tertiary alicyclic amines) is 1. The van der Waals surface area contributed by atoms with Crippen molar-refractivity contribution in [2.75, 3.05) is 43.5 Å². The Balaban J connectivity index is 0.875. The van der Waals surface area contributed by atoms with E-state index in [1.165, 1.54) is 18.9 Å². The second-order valence-corrected chi connectivity index (χ2v) is 14.9. The molecule has 2 atom stereocenters. The van der Waals surface area contributed by atoms with Crippen molar-refractivity contribution in [2.45, 2.75) is 70.2 Å². The number of aromatic amines is 1. The highest BCUT2D eigenvalue weighted by molar-refractivity contribution is 6.32. The largest absolute Gasteiger partial charge is 0.496 e. The van der Waals surface area contributed by atoms with Gasteiger partial charge in [-0.2, -0.15) is 5.10 Å². The van der Waals surface area contributed by atoms with Crippen LogP contribution in [0, 0.1) is 17.7 Å². The molecule has 11 nitrogen and oxygen atoms in total. The molecule has 0 spiro atoms. The summed E-state index contributed by atoms with van der Waals surface area (Å²) in [7, 11) is 3.40. The zero-order chi connectivity index (χ0) is 35.6. The van der Waals surface area contributed by atoms with Crippen molar-refractivity contribution in [1.82, 2.24) is 25.0 Å². The number of nitrogens with zero attached hydrogens (tertiary/aromatic N) is 4. The number of pyridine rings is 1. The van der Waals surface area contributed by atoms with Crippen LogP contribution in [0.4, 0.5) is 15.8 Å². The number of carbonyl (C=O) groups excluding carboxylic acids is 1. The number of aliphatic hydroxyl groups is 1. The fourth-order valence-corrected chi connectivity index (χ4v) is 8.33. The minimum absolute atomic E-state index is 0.129. The quantitative estimate of drug-likeness (QED) is 0.166. The lowest BCUT2D eigenvalue weighted by atomic mass is 9.85. The third kappa shape index (κ3) is 7.73. The number of nitrogens with one attached hydrogen (secondary N) is 3. The van der Waals surface area contributed by atoms with E-state index in [0.29, 0.717) is 46.6 Å². The summed E-state index contributed by atoms with van der Waals surface area (Å²) < 4.78 is 22.6. The third-order valence-corrected chi connectivity index (χ3v) is 11.5. The molecular weight excluding hydrogens is 673 g/mol.